The van der Waals surface area contributed by atoms with Crippen LogP contribution in [0.2, 0.25) is 0 Å². The van der Waals surface area contributed by atoms with Gasteiger partial charge in [0.15, 0.2) is 0 Å². The second-order valence-electron chi connectivity index (χ2n) is 7.67. The fraction of sp³-hybridized carbons (Fsp3) is 1.00. The van der Waals surface area contributed by atoms with Crippen LogP contribution in [0, 0.1) is 17.8 Å². The molecule has 0 amide bonds. The predicted octanol–water partition coefficient (Wildman–Crippen LogP) is 3.67. The summed E-state index contributed by atoms with van der Waals surface area (Å²) in [5.41, 5.74) is 0. The molecule has 2 nitrogen and oxygen atoms in total. The Morgan fingerprint density at radius 2 is 1.45 bits per heavy atom. The summed E-state index contributed by atoms with van der Waals surface area (Å²) in [7, 11) is 0. The molecule has 3 aliphatic carbocycles. The highest BCUT2D eigenvalue weighted by molar-refractivity contribution is 4.86. The van der Waals surface area contributed by atoms with Gasteiger partial charge in [-0.05, 0) is 62.8 Å². The molecule has 2 unspecified atom stereocenters. The molecule has 0 aromatic heterocycles. The van der Waals surface area contributed by atoms with Crippen molar-refractivity contribution in [3.8, 4) is 0 Å². The first-order chi connectivity index (χ1) is 9.85. The van der Waals surface area contributed by atoms with Crippen molar-refractivity contribution in [2.75, 3.05) is 26.2 Å². The molecule has 0 saturated heterocycles. The van der Waals surface area contributed by atoms with Gasteiger partial charge in [0.05, 0.1) is 0 Å². The number of hydrogen-bond acceptors (Lipinski definition) is 2. The van der Waals surface area contributed by atoms with Crippen molar-refractivity contribution in [3.05, 3.63) is 0 Å². The third kappa shape index (κ3) is 4.73. The summed E-state index contributed by atoms with van der Waals surface area (Å²) in [5, 5.41) is 3.79. The van der Waals surface area contributed by atoms with E-state index in [1.54, 1.807) is 0 Å². The molecule has 1 N–H and O–H groups in total. The van der Waals surface area contributed by atoms with E-state index in [1.807, 2.05) is 0 Å². The SMILES string of the molecule is CCNC1CCCCCC1CN(CC1CC1)CC1CC1. The van der Waals surface area contributed by atoms with Crippen LogP contribution in [0.3, 0.4) is 0 Å². The Balaban J connectivity index is 1.54. The Labute approximate surface area is 125 Å². The van der Waals surface area contributed by atoms with E-state index in [2.05, 4.69) is 17.1 Å². The van der Waals surface area contributed by atoms with E-state index in [1.165, 1.54) is 77.4 Å². The molecule has 3 fully saturated rings. The van der Waals surface area contributed by atoms with Crippen LogP contribution in [0.4, 0.5) is 0 Å². The largest absolute Gasteiger partial charge is 0.314 e. The smallest absolute Gasteiger partial charge is 0.0107 e. The maximum Gasteiger partial charge on any atom is 0.0107 e. The highest BCUT2D eigenvalue weighted by Gasteiger charge is 2.32. The van der Waals surface area contributed by atoms with Crippen LogP contribution in [0.25, 0.3) is 0 Å². The van der Waals surface area contributed by atoms with Crippen LogP contribution in [-0.2, 0) is 0 Å². The Hall–Kier alpha value is -0.0800. The van der Waals surface area contributed by atoms with E-state index in [0.29, 0.717) is 0 Å². The number of nitrogens with zero attached hydrogens (tertiary/aromatic N) is 1. The molecule has 0 spiro atoms. The zero-order valence-corrected chi connectivity index (χ0v) is 13.4. The lowest BCUT2D eigenvalue weighted by atomic mass is 9.93. The molecular weight excluding hydrogens is 244 g/mol. The first-order valence-electron chi connectivity index (χ1n) is 9.31. The van der Waals surface area contributed by atoms with Gasteiger partial charge in [-0.15, -0.1) is 0 Å². The maximum absolute atomic E-state index is 3.79. The van der Waals surface area contributed by atoms with Gasteiger partial charge in [-0.1, -0.05) is 26.2 Å². The van der Waals surface area contributed by atoms with E-state index in [9.17, 15) is 0 Å². The van der Waals surface area contributed by atoms with Gasteiger partial charge in [-0.25, -0.2) is 0 Å². The van der Waals surface area contributed by atoms with Crippen molar-refractivity contribution in [1.82, 2.24) is 10.2 Å². The lowest BCUT2D eigenvalue weighted by Crippen LogP contribution is -2.43. The van der Waals surface area contributed by atoms with Gasteiger partial charge in [0, 0.05) is 25.7 Å². The molecule has 20 heavy (non-hydrogen) atoms. The van der Waals surface area contributed by atoms with Crippen molar-refractivity contribution in [1.29, 1.82) is 0 Å². The summed E-state index contributed by atoms with van der Waals surface area (Å²) in [4.78, 5) is 2.86. The highest BCUT2D eigenvalue weighted by Crippen LogP contribution is 2.35. The molecule has 116 valence electrons. The topological polar surface area (TPSA) is 15.3 Å². The molecule has 0 aliphatic heterocycles. The van der Waals surface area contributed by atoms with Crippen molar-refractivity contribution in [3.63, 3.8) is 0 Å². The van der Waals surface area contributed by atoms with Crippen molar-refractivity contribution in [2.24, 2.45) is 17.8 Å². The zero-order valence-electron chi connectivity index (χ0n) is 13.4. The highest BCUT2D eigenvalue weighted by atomic mass is 15.1. The lowest BCUT2D eigenvalue weighted by Gasteiger charge is -2.32. The predicted molar refractivity (Wildman–Crippen MR) is 85.9 cm³/mol. The minimum atomic E-state index is 0.795. The molecule has 2 atom stereocenters. The number of nitrogens with one attached hydrogen (secondary N) is 1. The zero-order chi connectivity index (χ0) is 13.8. The summed E-state index contributed by atoms with van der Waals surface area (Å²) < 4.78 is 0. The Kier molecular flexibility index (Phi) is 5.39. The number of rotatable bonds is 8. The average Bonchev–Trinajstić information content (AvgIpc) is 3.27. The summed E-state index contributed by atoms with van der Waals surface area (Å²) in [5.74, 6) is 3.02. The van der Waals surface area contributed by atoms with Gasteiger partial charge in [0.1, 0.15) is 0 Å². The van der Waals surface area contributed by atoms with Crippen molar-refractivity contribution >= 4 is 0 Å². The summed E-state index contributed by atoms with van der Waals surface area (Å²) in [6.07, 6.45) is 13.3. The van der Waals surface area contributed by atoms with Gasteiger partial charge >= 0.3 is 0 Å². The van der Waals surface area contributed by atoms with Crippen molar-refractivity contribution < 1.29 is 0 Å². The summed E-state index contributed by atoms with van der Waals surface area (Å²) in [6, 6.07) is 0.795. The van der Waals surface area contributed by atoms with E-state index in [0.717, 1.165) is 30.3 Å². The van der Waals surface area contributed by atoms with Crippen LogP contribution in [0.1, 0.15) is 64.7 Å². The Morgan fingerprint density at radius 1 is 0.800 bits per heavy atom. The monoisotopic (exact) mass is 278 g/mol. The third-order valence-corrected chi connectivity index (χ3v) is 5.54. The molecule has 0 aromatic carbocycles. The molecule has 0 heterocycles. The van der Waals surface area contributed by atoms with E-state index < -0.39 is 0 Å². The summed E-state index contributed by atoms with van der Waals surface area (Å²) in [6.45, 7) is 7.61. The molecule has 3 aliphatic rings. The first-order valence-corrected chi connectivity index (χ1v) is 9.31. The number of hydrogen-bond donors (Lipinski definition) is 1. The normalized spacial score (nSPS) is 31.5. The van der Waals surface area contributed by atoms with Crippen LogP contribution >= 0.6 is 0 Å². The molecule has 0 bridgehead atoms. The third-order valence-electron chi connectivity index (χ3n) is 5.54. The minimum absolute atomic E-state index is 0.795. The average molecular weight is 278 g/mol. The lowest BCUT2D eigenvalue weighted by molar-refractivity contribution is 0.182. The van der Waals surface area contributed by atoms with Gasteiger partial charge < -0.3 is 10.2 Å². The van der Waals surface area contributed by atoms with Crippen LogP contribution < -0.4 is 5.32 Å². The second kappa shape index (κ2) is 7.26. The molecule has 2 heteroatoms. The van der Waals surface area contributed by atoms with E-state index in [-0.39, 0.29) is 0 Å². The van der Waals surface area contributed by atoms with Gasteiger partial charge in [-0.3, -0.25) is 0 Å². The van der Waals surface area contributed by atoms with Crippen LogP contribution in [0.15, 0.2) is 0 Å². The van der Waals surface area contributed by atoms with E-state index in [4.69, 9.17) is 0 Å². The van der Waals surface area contributed by atoms with Gasteiger partial charge in [0.25, 0.3) is 0 Å². The standard InChI is InChI=1S/C18H34N2/c1-2-19-18-7-5-3-4-6-17(18)14-20(12-15-8-9-15)13-16-10-11-16/h15-19H,2-14H2,1H3. The van der Waals surface area contributed by atoms with Crippen LogP contribution in [-0.4, -0.2) is 37.1 Å². The molecule has 0 radical (unpaired) electrons. The fourth-order valence-electron chi connectivity index (χ4n) is 4.02. The van der Waals surface area contributed by atoms with Crippen molar-refractivity contribution in [2.45, 2.75) is 70.8 Å². The Bertz CT molecular complexity index is 269. The molecule has 3 rings (SSSR count). The van der Waals surface area contributed by atoms with Crippen LogP contribution in [0.5, 0.6) is 0 Å². The van der Waals surface area contributed by atoms with Gasteiger partial charge in [0.2, 0.25) is 0 Å². The quantitative estimate of drug-likeness (QED) is 0.682. The second-order valence-corrected chi connectivity index (χ2v) is 7.67. The minimum Gasteiger partial charge on any atom is -0.314 e. The maximum atomic E-state index is 3.79. The van der Waals surface area contributed by atoms with E-state index >= 15 is 0 Å². The Morgan fingerprint density at radius 3 is 2.05 bits per heavy atom. The van der Waals surface area contributed by atoms with Gasteiger partial charge in [-0.2, -0.15) is 0 Å². The molecular formula is C18H34N2. The molecule has 3 saturated carbocycles. The summed E-state index contributed by atoms with van der Waals surface area (Å²) >= 11 is 0. The first kappa shape index (κ1) is 14.8. The molecule has 0 aromatic rings. The fourth-order valence-corrected chi connectivity index (χ4v) is 4.02.